The Morgan fingerprint density at radius 3 is 2.54 bits per heavy atom. The molecule has 2 heterocycles. The van der Waals surface area contributed by atoms with E-state index in [1.165, 1.54) is 42.1 Å². The van der Waals surface area contributed by atoms with Gasteiger partial charge < -0.3 is 9.47 Å². The van der Waals surface area contributed by atoms with E-state index >= 15 is 0 Å². The van der Waals surface area contributed by atoms with Crippen LogP contribution in [0.3, 0.4) is 0 Å². The highest BCUT2D eigenvalue weighted by Gasteiger charge is 2.26. The number of methoxy groups -OCH3 is 1. The minimum atomic E-state index is -1.13. The molecule has 2 aromatic heterocycles. The molecule has 7 nitrogen and oxygen atoms in total. The Bertz CT molecular complexity index is 1560. The van der Waals surface area contributed by atoms with E-state index < -0.39 is 29.1 Å². The third kappa shape index (κ3) is 5.22. The van der Waals surface area contributed by atoms with Gasteiger partial charge in [-0.2, -0.15) is 0 Å². The number of benzene rings is 2. The van der Waals surface area contributed by atoms with Gasteiger partial charge in [-0.25, -0.2) is 18.5 Å². The zero-order chi connectivity index (χ0) is 26.7. The van der Waals surface area contributed by atoms with Crippen molar-refractivity contribution in [3.63, 3.8) is 0 Å². The van der Waals surface area contributed by atoms with Gasteiger partial charge in [0.2, 0.25) is 0 Å². The molecule has 4 aromatic rings. The van der Waals surface area contributed by atoms with E-state index in [2.05, 4.69) is 0 Å². The summed E-state index contributed by atoms with van der Waals surface area (Å²) in [5.74, 6) is -0.578. The van der Waals surface area contributed by atoms with Crippen molar-refractivity contribution in [2.24, 2.45) is 0 Å². The zero-order valence-corrected chi connectivity index (χ0v) is 22.1. The number of aromatic nitrogens is 2. The highest BCUT2D eigenvalue weighted by Crippen LogP contribution is 2.29. The van der Waals surface area contributed by atoms with Crippen LogP contribution in [0.25, 0.3) is 10.2 Å². The minimum Gasteiger partial charge on any atom is -0.496 e. The second-order valence-electron chi connectivity index (χ2n) is 8.77. The Labute approximate surface area is 217 Å². The quantitative estimate of drug-likeness (QED) is 0.294. The predicted molar refractivity (Wildman–Crippen MR) is 142 cm³/mol. The summed E-state index contributed by atoms with van der Waals surface area (Å²) in [4.78, 5) is 41.7. The van der Waals surface area contributed by atoms with Crippen LogP contribution in [-0.2, 0) is 35.5 Å². The molecular formula is C28H29FN2O5S. The predicted octanol–water partition coefficient (Wildman–Crippen LogP) is 4.79. The van der Waals surface area contributed by atoms with Crippen LogP contribution in [0.2, 0.25) is 0 Å². The molecule has 37 heavy (non-hydrogen) atoms. The average molecular weight is 525 g/mol. The van der Waals surface area contributed by atoms with E-state index in [9.17, 15) is 18.8 Å². The highest BCUT2D eigenvalue weighted by atomic mass is 32.1. The lowest BCUT2D eigenvalue weighted by atomic mass is 10.1. The van der Waals surface area contributed by atoms with Crippen molar-refractivity contribution >= 4 is 27.5 Å². The fourth-order valence-corrected chi connectivity index (χ4v) is 5.67. The molecule has 194 valence electrons. The second-order valence-corrected chi connectivity index (χ2v) is 9.85. The molecule has 0 radical (unpaired) electrons. The number of nitrogens with zero attached hydrogens (tertiary/aromatic N) is 2. The van der Waals surface area contributed by atoms with Crippen LogP contribution < -0.4 is 16.0 Å². The van der Waals surface area contributed by atoms with Gasteiger partial charge in [0.1, 0.15) is 29.0 Å². The number of hydrogen-bond donors (Lipinski definition) is 0. The number of esters is 1. The number of fused-ring (bicyclic) bond motifs is 1. The number of rotatable bonds is 9. The van der Waals surface area contributed by atoms with Gasteiger partial charge in [0.15, 0.2) is 0 Å². The van der Waals surface area contributed by atoms with Crippen molar-refractivity contribution in [1.29, 1.82) is 0 Å². The SMILES string of the molecule is CCc1sc2c(c1C)c(=O)n(C(C)C(=O)OCc1ccccc1)c(=O)n2CCc1cc(F)ccc1OC. The van der Waals surface area contributed by atoms with E-state index in [1.807, 2.05) is 44.2 Å². The molecule has 4 rings (SSSR count). The number of carbonyl (C=O) groups excluding carboxylic acids is 1. The standard InChI is InChI=1S/C28H29FN2O5S/c1-5-23-17(2)24-25(32)31(18(3)27(33)36-16-19-9-7-6-8-10-19)28(34)30(26(24)37-23)14-13-20-15-21(29)11-12-22(20)35-4/h6-12,15,18H,5,13-14,16H2,1-4H3. The number of ether oxygens (including phenoxy) is 2. The topological polar surface area (TPSA) is 79.5 Å². The van der Waals surface area contributed by atoms with Crippen LogP contribution in [0, 0.1) is 12.7 Å². The van der Waals surface area contributed by atoms with E-state index in [1.54, 1.807) is 6.07 Å². The lowest BCUT2D eigenvalue weighted by Gasteiger charge is -2.17. The molecule has 0 aliphatic rings. The van der Waals surface area contributed by atoms with Crippen molar-refractivity contribution < 1.29 is 18.7 Å². The summed E-state index contributed by atoms with van der Waals surface area (Å²) in [6.07, 6.45) is 0.991. The van der Waals surface area contributed by atoms with Gasteiger partial charge in [-0.15, -0.1) is 11.3 Å². The first-order valence-electron chi connectivity index (χ1n) is 12.1. The van der Waals surface area contributed by atoms with Gasteiger partial charge in [-0.1, -0.05) is 37.3 Å². The molecule has 1 unspecified atom stereocenters. The first kappa shape index (κ1) is 26.3. The normalized spacial score (nSPS) is 12.0. The van der Waals surface area contributed by atoms with E-state index in [-0.39, 0.29) is 13.2 Å². The van der Waals surface area contributed by atoms with E-state index in [0.29, 0.717) is 34.4 Å². The summed E-state index contributed by atoms with van der Waals surface area (Å²) in [5, 5.41) is 0.412. The van der Waals surface area contributed by atoms with Crippen molar-refractivity contribution in [3.8, 4) is 5.75 Å². The molecule has 1 atom stereocenters. The largest absolute Gasteiger partial charge is 0.496 e. The molecule has 0 amide bonds. The molecule has 0 saturated carbocycles. The van der Waals surface area contributed by atoms with Crippen molar-refractivity contribution in [2.75, 3.05) is 7.11 Å². The number of halogens is 1. The Morgan fingerprint density at radius 1 is 1.14 bits per heavy atom. The first-order valence-corrected chi connectivity index (χ1v) is 12.9. The van der Waals surface area contributed by atoms with Crippen LogP contribution in [-0.4, -0.2) is 22.2 Å². The van der Waals surface area contributed by atoms with E-state index in [0.717, 1.165) is 20.6 Å². The minimum absolute atomic E-state index is 0.0338. The van der Waals surface area contributed by atoms with Gasteiger partial charge in [0, 0.05) is 11.4 Å². The third-order valence-corrected chi connectivity index (χ3v) is 7.92. The summed E-state index contributed by atoms with van der Waals surface area (Å²) in [7, 11) is 1.50. The molecular weight excluding hydrogens is 495 g/mol. The van der Waals surface area contributed by atoms with Crippen LogP contribution in [0.1, 0.15) is 41.5 Å². The molecule has 0 aliphatic carbocycles. The maximum atomic E-state index is 13.9. The third-order valence-electron chi connectivity index (χ3n) is 6.46. The van der Waals surface area contributed by atoms with Crippen molar-refractivity contribution in [3.05, 3.63) is 96.8 Å². The molecule has 0 saturated heterocycles. The summed E-state index contributed by atoms with van der Waals surface area (Å²) in [6, 6.07) is 12.3. The fourth-order valence-electron chi connectivity index (χ4n) is 4.42. The lowest BCUT2D eigenvalue weighted by molar-refractivity contribution is -0.148. The van der Waals surface area contributed by atoms with Crippen LogP contribution in [0.4, 0.5) is 4.39 Å². The summed E-state index contributed by atoms with van der Waals surface area (Å²) in [5.41, 5.74) is 1.06. The van der Waals surface area contributed by atoms with Crippen LogP contribution in [0.15, 0.2) is 58.1 Å². The Kier molecular flexibility index (Phi) is 7.92. The molecule has 9 heteroatoms. The van der Waals surface area contributed by atoms with Crippen LogP contribution in [0.5, 0.6) is 5.75 Å². The summed E-state index contributed by atoms with van der Waals surface area (Å²) < 4.78 is 27.2. The maximum absolute atomic E-state index is 13.9. The molecule has 0 bridgehead atoms. The average Bonchev–Trinajstić information content (AvgIpc) is 3.24. The number of carbonyl (C=O) groups is 1. The number of hydrogen-bond acceptors (Lipinski definition) is 6. The molecule has 2 aromatic carbocycles. The number of thiophene rings is 1. The maximum Gasteiger partial charge on any atom is 0.332 e. The summed E-state index contributed by atoms with van der Waals surface area (Å²) in [6.45, 7) is 5.53. The van der Waals surface area contributed by atoms with Gasteiger partial charge in [0.25, 0.3) is 5.56 Å². The first-order chi connectivity index (χ1) is 17.8. The Balaban J connectivity index is 1.76. The number of aryl methyl sites for hydroxylation is 4. The van der Waals surface area contributed by atoms with Gasteiger partial charge in [0.05, 0.1) is 12.5 Å². The zero-order valence-electron chi connectivity index (χ0n) is 21.2. The molecule has 0 N–H and O–H groups in total. The molecule has 0 aliphatic heterocycles. The lowest BCUT2D eigenvalue weighted by Crippen LogP contribution is -2.44. The van der Waals surface area contributed by atoms with Gasteiger partial charge in [-0.3, -0.25) is 9.36 Å². The summed E-state index contributed by atoms with van der Waals surface area (Å²) >= 11 is 1.39. The monoisotopic (exact) mass is 524 g/mol. The Morgan fingerprint density at radius 2 is 1.86 bits per heavy atom. The highest BCUT2D eigenvalue weighted by molar-refractivity contribution is 7.18. The molecule has 0 spiro atoms. The second kappa shape index (κ2) is 11.1. The van der Waals surface area contributed by atoms with Crippen molar-refractivity contribution in [2.45, 2.75) is 52.8 Å². The smallest absolute Gasteiger partial charge is 0.332 e. The van der Waals surface area contributed by atoms with Gasteiger partial charge >= 0.3 is 11.7 Å². The van der Waals surface area contributed by atoms with E-state index in [4.69, 9.17) is 9.47 Å². The Hall–Kier alpha value is -3.72. The van der Waals surface area contributed by atoms with Gasteiger partial charge in [-0.05, 0) is 61.6 Å². The molecule has 0 fully saturated rings. The van der Waals surface area contributed by atoms with Crippen molar-refractivity contribution in [1.82, 2.24) is 9.13 Å². The fraction of sp³-hybridized carbons (Fsp3) is 0.321. The van der Waals surface area contributed by atoms with Crippen LogP contribution >= 0.6 is 11.3 Å².